The molecule has 0 bridgehead atoms. The maximum absolute atomic E-state index is 3.80. The van der Waals surface area contributed by atoms with Crippen molar-refractivity contribution in [1.82, 2.24) is 0 Å². The zero-order valence-electron chi connectivity index (χ0n) is 4.55. The first-order valence-corrected chi connectivity index (χ1v) is 3.38. The van der Waals surface area contributed by atoms with E-state index in [4.69, 9.17) is 0 Å². The summed E-state index contributed by atoms with van der Waals surface area (Å²) in [6, 6.07) is 0. The van der Waals surface area contributed by atoms with Gasteiger partial charge >= 0.3 is 57.3 Å². The summed E-state index contributed by atoms with van der Waals surface area (Å²) in [5.41, 5.74) is 1.18. The van der Waals surface area contributed by atoms with Crippen LogP contribution in [0, 0.1) is 0 Å². The molecule has 0 aliphatic heterocycles. The summed E-state index contributed by atoms with van der Waals surface area (Å²) >= 11 is 2.93. The van der Waals surface area contributed by atoms with E-state index in [1.807, 2.05) is 12.2 Å². The van der Waals surface area contributed by atoms with Crippen molar-refractivity contribution in [2.45, 2.75) is 6.42 Å². The molecular formula is C7H7Se. The molecule has 0 saturated carbocycles. The Labute approximate surface area is 57.8 Å². The molecule has 0 aromatic rings. The normalized spacial score (nSPS) is 18.5. The summed E-state index contributed by atoms with van der Waals surface area (Å²) in [7, 11) is 0. The first kappa shape index (κ1) is 5.87. The van der Waals surface area contributed by atoms with Crippen molar-refractivity contribution in [3.63, 3.8) is 0 Å². The van der Waals surface area contributed by atoms with Gasteiger partial charge in [-0.15, -0.1) is 0 Å². The van der Waals surface area contributed by atoms with Crippen LogP contribution in [0.5, 0.6) is 0 Å². The molecule has 0 unspecified atom stereocenters. The van der Waals surface area contributed by atoms with Crippen LogP contribution in [0.2, 0.25) is 0 Å². The molecule has 1 heteroatoms. The minimum atomic E-state index is 0.999. The van der Waals surface area contributed by atoms with Gasteiger partial charge in [0.15, 0.2) is 0 Å². The predicted molar refractivity (Wildman–Crippen MR) is 36.7 cm³/mol. The zero-order chi connectivity index (χ0) is 5.98. The van der Waals surface area contributed by atoms with E-state index < -0.39 is 0 Å². The Morgan fingerprint density at radius 2 is 2.25 bits per heavy atom. The van der Waals surface area contributed by atoms with Gasteiger partial charge in [0.25, 0.3) is 0 Å². The summed E-state index contributed by atoms with van der Waals surface area (Å²) in [5, 5.41) is 0. The van der Waals surface area contributed by atoms with E-state index in [1.54, 1.807) is 0 Å². The quantitative estimate of drug-likeness (QED) is 0.484. The van der Waals surface area contributed by atoms with Gasteiger partial charge in [0.1, 0.15) is 0 Å². The molecule has 0 atom stereocenters. The van der Waals surface area contributed by atoms with Gasteiger partial charge in [-0.2, -0.15) is 0 Å². The summed E-state index contributed by atoms with van der Waals surface area (Å²) < 4.78 is 1.22. The van der Waals surface area contributed by atoms with Gasteiger partial charge in [0.2, 0.25) is 0 Å². The first-order valence-electron chi connectivity index (χ1n) is 2.52. The Kier molecular flexibility index (Phi) is 1.72. The van der Waals surface area contributed by atoms with E-state index in [-0.39, 0.29) is 0 Å². The van der Waals surface area contributed by atoms with Crippen molar-refractivity contribution in [1.29, 1.82) is 0 Å². The fourth-order valence-corrected chi connectivity index (χ4v) is 0.885. The van der Waals surface area contributed by atoms with Crippen LogP contribution in [0.1, 0.15) is 6.42 Å². The van der Waals surface area contributed by atoms with Crippen LogP contribution < -0.4 is 0 Å². The third kappa shape index (κ3) is 1.36. The molecule has 0 aromatic heterocycles. The van der Waals surface area contributed by atoms with Crippen LogP contribution in [-0.4, -0.2) is 16.0 Å². The van der Waals surface area contributed by atoms with E-state index in [0.717, 1.165) is 6.42 Å². The van der Waals surface area contributed by atoms with Gasteiger partial charge in [-0.1, -0.05) is 0 Å². The summed E-state index contributed by atoms with van der Waals surface area (Å²) in [4.78, 5) is 0. The number of hydrogen-bond acceptors (Lipinski definition) is 0. The number of rotatable bonds is 0. The van der Waals surface area contributed by atoms with Crippen LogP contribution in [0.25, 0.3) is 0 Å². The van der Waals surface area contributed by atoms with Crippen LogP contribution in [-0.2, 0) is 0 Å². The summed E-state index contributed by atoms with van der Waals surface area (Å²) in [6.45, 7) is 3.80. The molecule has 0 fully saturated rings. The van der Waals surface area contributed by atoms with Crippen molar-refractivity contribution in [3.8, 4) is 0 Å². The van der Waals surface area contributed by atoms with E-state index in [0.29, 0.717) is 0 Å². The summed E-state index contributed by atoms with van der Waals surface area (Å²) in [5.74, 6) is 0. The molecule has 1 aliphatic rings. The fraction of sp³-hybridized carbons (Fsp3) is 0.143. The van der Waals surface area contributed by atoms with Crippen molar-refractivity contribution >= 4 is 16.0 Å². The molecule has 0 nitrogen and oxygen atoms in total. The van der Waals surface area contributed by atoms with Gasteiger partial charge < -0.3 is 0 Å². The predicted octanol–water partition coefficient (Wildman–Crippen LogP) is 1.55. The van der Waals surface area contributed by atoms with E-state index >= 15 is 0 Å². The van der Waals surface area contributed by atoms with E-state index in [1.165, 1.54) is 10.0 Å². The SMILES string of the molecule is C=C1C=CC([Se])=CC1. The van der Waals surface area contributed by atoms with Gasteiger partial charge in [-0.3, -0.25) is 0 Å². The molecule has 0 spiro atoms. The third-order valence-corrected chi connectivity index (χ3v) is 1.68. The molecule has 0 N–H and O–H groups in total. The van der Waals surface area contributed by atoms with Crippen LogP contribution >= 0.6 is 0 Å². The van der Waals surface area contributed by atoms with Gasteiger partial charge in [-0.05, 0) is 0 Å². The molecule has 41 valence electrons. The molecular weight excluding hydrogens is 163 g/mol. The monoisotopic (exact) mass is 171 g/mol. The Balaban J connectivity index is 2.71. The Hall–Kier alpha value is -0.261. The minimum absolute atomic E-state index is 0.999. The topological polar surface area (TPSA) is 0 Å². The fourth-order valence-electron chi connectivity index (χ4n) is 0.568. The number of allylic oxidation sites excluding steroid dienone is 5. The summed E-state index contributed by atoms with van der Waals surface area (Å²) in [6.07, 6.45) is 7.19. The third-order valence-electron chi connectivity index (χ3n) is 1.05. The van der Waals surface area contributed by atoms with Crippen molar-refractivity contribution < 1.29 is 0 Å². The molecule has 1 rings (SSSR count). The second-order valence-corrected chi connectivity index (χ2v) is 2.79. The Bertz CT molecular complexity index is 160. The zero-order valence-corrected chi connectivity index (χ0v) is 6.27. The molecule has 0 amide bonds. The second kappa shape index (κ2) is 2.34. The molecule has 0 saturated heterocycles. The van der Waals surface area contributed by atoms with Crippen LogP contribution in [0.4, 0.5) is 0 Å². The number of hydrogen-bond donors (Lipinski definition) is 0. The van der Waals surface area contributed by atoms with Crippen molar-refractivity contribution in [3.05, 3.63) is 34.9 Å². The molecule has 0 aromatic carbocycles. The Morgan fingerprint density at radius 3 is 2.62 bits per heavy atom. The van der Waals surface area contributed by atoms with E-state index in [9.17, 15) is 0 Å². The second-order valence-electron chi connectivity index (χ2n) is 1.80. The van der Waals surface area contributed by atoms with Crippen LogP contribution in [0.15, 0.2) is 34.9 Å². The van der Waals surface area contributed by atoms with Crippen molar-refractivity contribution in [2.75, 3.05) is 0 Å². The maximum atomic E-state index is 3.80. The van der Waals surface area contributed by atoms with E-state index in [2.05, 4.69) is 28.7 Å². The van der Waals surface area contributed by atoms with Crippen molar-refractivity contribution in [2.24, 2.45) is 0 Å². The first-order chi connectivity index (χ1) is 3.79. The average molecular weight is 170 g/mol. The molecule has 0 heterocycles. The van der Waals surface area contributed by atoms with Gasteiger partial charge in [0.05, 0.1) is 0 Å². The molecule has 1 aliphatic carbocycles. The van der Waals surface area contributed by atoms with Gasteiger partial charge in [-0.25, -0.2) is 0 Å². The molecule has 1 radical (unpaired) electrons. The molecule has 8 heavy (non-hydrogen) atoms. The standard InChI is InChI=1S/C7H7Se/c1-6-2-4-7(8)5-3-6/h2,4-5H,1,3H2. The Morgan fingerprint density at radius 1 is 1.50 bits per heavy atom. The van der Waals surface area contributed by atoms with Crippen LogP contribution in [0.3, 0.4) is 0 Å². The average Bonchev–Trinajstić information content (AvgIpc) is 1.77. The van der Waals surface area contributed by atoms with Gasteiger partial charge in [0, 0.05) is 0 Å².